The van der Waals surface area contributed by atoms with Gasteiger partial charge in [0.05, 0.1) is 25.4 Å². The minimum Gasteiger partial charge on any atom is -0.387 e. The van der Waals surface area contributed by atoms with Crippen LogP contribution in [0.25, 0.3) is 0 Å². The van der Waals surface area contributed by atoms with Crippen LogP contribution in [0.3, 0.4) is 0 Å². The monoisotopic (exact) mass is 561 g/mol. The number of nitrogens with one attached hydrogen (secondary N) is 3. The zero-order chi connectivity index (χ0) is 20.5. The van der Waals surface area contributed by atoms with Crippen molar-refractivity contribution in [3.05, 3.63) is 17.5 Å². The lowest BCUT2D eigenvalue weighted by Crippen LogP contribution is -2.48. The second-order valence-electron chi connectivity index (χ2n) is 6.84. The highest BCUT2D eigenvalue weighted by Gasteiger charge is 2.25. The average molecular weight is 562 g/mol. The van der Waals surface area contributed by atoms with Gasteiger partial charge in [0.2, 0.25) is 10.0 Å². The number of halogens is 1. The molecule has 1 aliphatic heterocycles. The summed E-state index contributed by atoms with van der Waals surface area (Å²) >= 11 is 1.18. The number of morpholine rings is 1. The molecule has 2 rings (SSSR count). The van der Waals surface area contributed by atoms with E-state index in [-0.39, 0.29) is 37.1 Å². The Morgan fingerprint density at radius 2 is 2.07 bits per heavy atom. The lowest BCUT2D eigenvalue weighted by molar-refractivity contribution is -0.0179. The van der Waals surface area contributed by atoms with Crippen LogP contribution in [-0.2, 0) is 14.8 Å². The Morgan fingerprint density at radius 1 is 1.34 bits per heavy atom. The molecule has 1 aromatic heterocycles. The van der Waals surface area contributed by atoms with Crippen molar-refractivity contribution in [1.29, 1.82) is 0 Å². The molecule has 0 amide bonds. The van der Waals surface area contributed by atoms with Gasteiger partial charge in [0.15, 0.2) is 5.96 Å². The molecule has 0 saturated carbocycles. The lowest BCUT2D eigenvalue weighted by Gasteiger charge is -2.33. The maximum atomic E-state index is 12.1. The Bertz CT molecular complexity index is 707. The van der Waals surface area contributed by atoms with Gasteiger partial charge in [-0.2, -0.15) is 0 Å². The van der Waals surface area contributed by atoms with Gasteiger partial charge < -0.3 is 20.5 Å². The van der Waals surface area contributed by atoms with E-state index in [4.69, 9.17) is 4.74 Å². The van der Waals surface area contributed by atoms with Gasteiger partial charge in [-0.15, -0.1) is 35.3 Å². The molecule has 1 saturated heterocycles. The van der Waals surface area contributed by atoms with Crippen LogP contribution in [0.2, 0.25) is 0 Å². The summed E-state index contributed by atoms with van der Waals surface area (Å²) < 4.78 is 32.4. The number of ether oxygens (including phenoxy) is 1. The first-order chi connectivity index (χ1) is 13.3. The topological polar surface area (TPSA) is 115 Å². The molecule has 0 spiro atoms. The molecular formula is C17H32IN5O4S2. The van der Waals surface area contributed by atoms with E-state index in [9.17, 15) is 13.5 Å². The molecule has 2 heterocycles. The Labute approximate surface area is 194 Å². The molecule has 1 atom stereocenters. The van der Waals surface area contributed by atoms with E-state index in [0.717, 1.165) is 13.1 Å². The molecule has 0 radical (unpaired) electrons. The minimum absolute atomic E-state index is 0. The molecule has 0 bridgehead atoms. The quantitative estimate of drug-likeness (QED) is 0.141. The molecule has 168 valence electrons. The number of hydrogen-bond acceptors (Lipinski definition) is 7. The lowest BCUT2D eigenvalue weighted by atomic mass is 10.1. The standard InChI is InChI=1S/C17H31N5O4S2.HI/c1-3-18-16(19-6-7-21-28(24,25)15-5-4-12-27-15)20-13-17(2,23)14-22-8-10-26-11-9-22;/h4-5,12,21,23H,3,6-11,13-14H2,1-2H3,(H2,18,19,20);1H. The summed E-state index contributed by atoms with van der Waals surface area (Å²) in [5.74, 6) is 0.542. The SMILES string of the molecule is CCNC(=NCC(C)(O)CN1CCOCC1)NCCNS(=O)(=O)c1cccs1.I. The number of aliphatic imine (C=N–C) groups is 1. The number of guanidine groups is 1. The predicted molar refractivity (Wildman–Crippen MR) is 127 cm³/mol. The number of aliphatic hydroxyl groups is 1. The number of nitrogens with zero attached hydrogens (tertiary/aromatic N) is 2. The molecule has 1 aliphatic rings. The number of thiophene rings is 1. The zero-order valence-electron chi connectivity index (χ0n) is 16.9. The van der Waals surface area contributed by atoms with Crippen LogP contribution in [0.4, 0.5) is 0 Å². The van der Waals surface area contributed by atoms with Crippen molar-refractivity contribution >= 4 is 51.3 Å². The van der Waals surface area contributed by atoms with Gasteiger partial charge in [-0.1, -0.05) is 6.07 Å². The Kier molecular flexibility index (Phi) is 11.9. The second kappa shape index (κ2) is 13.0. The van der Waals surface area contributed by atoms with Crippen molar-refractivity contribution in [1.82, 2.24) is 20.3 Å². The Hall–Kier alpha value is -0.510. The normalized spacial score (nSPS) is 18.0. The molecule has 4 N–H and O–H groups in total. The highest BCUT2D eigenvalue weighted by molar-refractivity contribution is 14.0. The van der Waals surface area contributed by atoms with Crippen molar-refractivity contribution in [2.45, 2.75) is 23.7 Å². The summed E-state index contributed by atoms with van der Waals surface area (Å²) in [4.78, 5) is 6.61. The van der Waals surface area contributed by atoms with Crippen molar-refractivity contribution in [2.75, 3.05) is 59.0 Å². The summed E-state index contributed by atoms with van der Waals surface area (Å²) in [6.07, 6.45) is 0. The maximum absolute atomic E-state index is 12.1. The van der Waals surface area contributed by atoms with E-state index < -0.39 is 15.6 Å². The van der Waals surface area contributed by atoms with Gasteiger partial charge in [0.1, 0.15) is 4.21 Å². The molecule has 0 aromatic carbocycles. The molecule has 1 aromatic rings. The smallest absolute Gasteiger partial charge is 0.250 e. The highest BCUT2D eigenvalue weighted by atomic mass is 127. The molecule has 29 heavy (non-hydrogen) atoms. The predicted octanol–water partition coefficient (Wildman–Crippen LogP) is 0.283. The molecule has 0 aliphatic carbocycles. The fraction of sp³-hybridized carbons (Fsp3) is 0.706. The third-order valence-electron chi connectivity index (χ3n) is 4.06. The average Bonchev–Trinajstić information content (AvgIpc) is 3.19. The number of hydrogen-bond donors (Lipinski definition) is 4. The minimum atomic E-state index is -3.47. The third kappa shape index (κ3) is 9.89. The van der Waals surface area contributed by atoms with E-state index in [1.54, 1.807) is 24.4 Å². The third-order valence-corrected chi connectivity index (χ3v) is 6.92. The van der Waals surface area contributed by atoms with Crippen molar-refractivity contribution < 1.29 is 18.3 Å². The van der Waals surface area contributed by atoms with E-state index in [2.05, 4.69) is 25.2 Å². The van der Waals surface area contributed by atoms with Crippen LogP contribution < -0.4 is 15.4 Å². The second-order valence-corrected chi connectivity index (χ2v) is 9.78. The van der Waals surface area contributed by atoms with Crippen LogP contribution >= 0.6 is 35.3 Å². The van der Waals surface area contributed by atoms with Crippen LogP contribution in [0.1, 0.15) is 13.8 Å². The van der Waals surface area contributed by atoms with Gasteiger partial charge >= 0.3 is 0 Å². The largest absolute Gasteiger partial charge is 0.387 e. The van der Waals surface area contributed by atoms with E-state index in [1.807, 2.05) is 6.92 Å². The molecule has 12 heteroatoms. The summed E-state index contributed by atoms with van der Waals surface area (Å²) in [5.41, 5.74) is -0.958. The first-order valence-electron chi connectivity index (χ1n) is 9.40. The van der Waals surface area contributed by atoms with Gasteiger partial charge in [-0.3, -0.25) is 9.89 Å². The summed E-state index contributed by atoms with van der Waals surface area (Å²) in [7, 11) is -3.47. The number of rotatable bonds is 10. The van der Waals surface area contributed by atoms with Crippen molar-refractivity contribution in [2.24, 2.45) is 4.99 Å². The maximum Gasteiger partial charge on any atom is 0.250 e. The van der Waals surface area contributed by atoms with Crippen molar-refractivity contribution in [3.8, 4) is 0 Å². The number of sulfonamides is 1. The van der Waals surface area contributed by atoms with Crippen LogP contribution in [0.5, 0.6) is 0 Å². The van der Waals surface area contributed by atoms with E-state index >= 15 is 0 Å². The zero-order valence-corrected chi connectivity index (χ0v) is 20.9. The Balaban J connectivity index is 0.00000420. The molecular weight excluding hydrogens is 529 g/mol. The van der Waals surface area contributed by atoms with E-state index in [1.165, 1.54) is 11.3 Å². The summed E-state index contributed by atoms with van der Waals surface area (Å²) in [6.45, 7) is 8.74. The first kappa shape index (κ1) is 26.5. The van der Waals surface area contributed by atoms with Crippen LogP contribution in [-0.4, -0.2) is 89.0 Å². The number of β-amino-alcohol motifs (C(OH)–C–C–N with tert-alkyl or cyclic N) is 1. The molecule has 9 nitrogen and oxygen atoms in total. The van der Waals surface area contributed by atoms with Gasteiger partial charge in [-0.25, -0.2) is 13.1 Å². The molecule has 1 unspecified atom stereocenters. The summed E-state index contributed by atoms with van der Waals surface area (Å²) in [6, 6.07) is 3.28. The fourth-order valence-corrected chi connectivity index (χ4v) is 4.81. The first-order valence-corrected chi connectivity index (χ1v) is 11.8. The highest BCUT2D eigenvalue weighted by Crippen LogP contribution is 2.14. The van der Waals surface area contributed by atoms with Crippen LogP contribution in [0.15, 0.2) is 26.7 Å². The Morgan fingerprint density at radius 3 is 2.69 bits per heavy atom. The van der Waals surface area contributed by atoms with Crippen LogP contribution in [0, 0.1) is 0 Å². The van der Waals surface area contributed by atoms with Gasteiger partial charge in [0, 0.05) is 39.3 Å². The summed E-state index contributed by atoms with van der Waals surface area (Å²) in [5, 5.41) is 18.5. The fourth-order valence-electron chi connectivity index (χ4n) is 2.74. The van der Waals surface area contributed by atoms with E-state index in [0.29, 0.717) is 43.0 Å². The van der Waals surface area contributed by atoms with Gasteiger partial charge in [0.25, 0.3) is 0 Å². The molecule has 1 fully saturated rings. The van der Waals surface area contributed by atoms with Gasteiger partial charge in [-0.05, 0) is 25.3 Å². The van der Waals surface area contributed by atoms with Crippen molar-refractivity contribution in [3.63, 3.8) is 0 Å².